The minimum atomic E-state index is -0.453. The lowest BCUT2D eigenvalue weighted by Crippen LogP contribution is -2.30. The monoisotopic (exact) mass is 370 g/mol. The van der Waals surface area contributed by atoms with E-state index in [4.69, 9.17) is 14.5 Å². The fourth-order valence-electron chi connectivity index (χ4n) is 3.49. The van der Waals surface area contributed by atoms with Gasteiger partial charge in [-0.1, -0.05) is 25.1 Å². The molecular weight excluding hydrogens is 344 g/mol. The molecule has 27 heavy (non-hydrogen) atoms. The van der Waals surface area contributed by atoms with Crippen molar-refractivity contribution in [2.75, 3.05) is 26.9 Å². The summed E-state index contributed by atoms with van der Waals surface area (Å²) in [4.78, 5) is 29.5. The summed E-state index contributed by atoms with van der Waals surface area (Å²) in [5, 5.41) is 3.51. The minimum Gasteiger partial charge on any atom is -0.452 e. The molecule has 1 N–H and O–H groups in total. The van der Waals surface area contributed by atoms with Crippen LogP contribution in [0.25, 0.3) is 10.9 Å². The molecule has 1 aromatic carbocycles. The molecular formula is C21H26N2O4. The molecule has 0 spiro atoms. The van der Waals surface area contributed by atoms with Crippen LogP contribution in [-0.4, -0.2) is 43.7 Å². The largest absolute Gasteiger partial charge is 0.452 e. The van der Waals surface area contributed by atoms with Gasteiger partial charge in [0.25, 0.3) is 5.91 Å². The van der Waals surface area contributed by atoms with Gasteiger partial charge in [0.15, 0.2) is 6.61 Å². The van der Waals surface area contributed by atoms with Crippen LogP contribution in [0.4, 0.5) is 0 Å². The Morgan fingerprint density at radius 1 is 1.30 bits per heavy atom. The first-order valence-corrected chi connectivity index (χ1v) is 9.43. The highest BCUT2D eigenvalue weighted by Crippen LogP contribution is 2.31. The van der Waals surface area contributed by atoms with Crippen molar-refractivity contribution in [1.29, 1.82) is 0 Å². The minimum absolute atomic E-state index is 0.285. The SMILES string of the molecule is COCCCNC(=O)COC(=O)c1c2c(nc3ccccc13)CC[C@H](C)C2. The normalized spacial score (nSPS) is 16.0. The molecule has 6 heteroatoms. The molecule has 1 amide bonds. The standard InChI is InChI=1S/C21H26N2O4/c1-14-8-9-18-16(12-14)20(15-6-3-4-7-17(15)23-18)21(25)27-13-19(24)22-10-5-11-26-2/h3-4,6-7,14H,5,8-13H2,1-2H3,(H,22,24)/t14-/m0/s1. The number of esters is 1. The molecule has 2 aromatic rings. The van der Waals surface area contributed by atoms with Crippen LogP contribution in [0.2, 0.25) is 0 Å². The Morgan fingerprint density at radius 2 is 2.11 bits per heavy atom. The van der Waals surface area contributed by atoms with Crippen LogP contribution in [0.5, 0.6) is 0 Å². The third-order valence-corrected chi connectivity index (χ3v) is 4.89. The van der Waals surface area contributed by atoms with Crippen molar-refractivity contribution >= 4 is 22.8 Å². The highest BCUT2D eigenvalue weighted by atomic mass is 16.5. The number of benzene rings is 1. The summed E-state index contributed by atoms with van der Waals surface area (Å²) in [6, 6.07) is 7.61. The number of carbonyl (C=O) groups is 2. The number of carbonyl (C=O) groups excluding carboxylic acids is 2. The van der Waals surface area contributed by atoms with E-state index < -0.39 is 5.97 Å². The molecule has 0 saturated carbocycles. The Balaban J connectivity index is 1.77. The second-order valence-electron chi connectivity index (χ2n) is 7.05. The van der Waals surface area contributed by atoms with Crippen LogP contribution < -0.4 is 5.32 Å². The summed E-state index contributed by atoms with van der Waals surface area (Å²) >= 11 is 0. The van der Waals surface area contributed by atoms with Crippen molar-refractivity contribution in [1.82, 2.24) is 10.3 Å². The lowest BCUT2D eigenvalue weighted by molar-refractivity contribution is -0.124. The Bertz CT molecular complexity index is 834. The number of hydrogen-bond acceptors (Lipinski definition) is 5. The van der Waals surface area contributed by atoms with Crippen LogP contribution in [0.3, 0.4) is 0 Å². The summed E-state index contributed by atoms with van der Waals surface area (Å²) in [6.45, 7) is 2.97. The molecule has 0 unspecified atom stereocenters. The maximum absolute atomic E-state index is 12.9. The van der Waals surface area contributed by atoms with E-state index in [1.54, 1.807) is 7.11 Å². The number of aryl methyl sites for hydroxylation is 1. The average molecular weight is 370 g/mol. The zero-order valence-corrected chi connectivity index (χ0v) is 15.9. The summed E-state index contributed by atoms with van der Waals surface area (Å²) in [6.07, 6.45) is 3.45. The predicted octanol–water partition coefficient (Wildman–Crippen LogP) is 2.67. The molecule has 0 aliphatic heterocycles. The van der Waals surface area contributed by atoms with Gasteiger partial charge in [-0.15, -0.1) is 0 Å². The highest BCUT2D eigenvalue weighted by Gasteiger charge is 2.26. The van der Waals surface area contributed by atoms with Gasteiger partial charge >= 0.3 is 5.97 Å². The lowest BCUT2D eigenvalue weighted by Gasteiger charge is -2.24. The van der Waals surface area contributed by atoms with E-state index in [1.165, 1.54) is 0 Å². The number of amides is 1. The van der Waals surface area contributed by atoms with Gasteiger partial charge in [0.05, 0.1) is 11.1 Å². The van der Waals surface area contributed by atoms with Gasteiger partial charge in [-0.2, -0.15) is 0 Å². The number of ether oxygens (including phenoxy) is 2. The van der Waals surface area contributed by atoms with Crippen LogP contribution in [-0.2, 0) is 27.1 Å². The lowest BCUT2D eigenvalue weighted by atomic mass is 9.84. The Labute approximate surface area is 159 Å². The molecule has 6 nitrogen and oxygen atoms in total. The Kier molecular flexibility index (Phi) is 6.40. The predicted molar refractivity (Wildman–Crippen MR) is 103 cm³/mol. The van der Waals surface area contributed by atoms with Gasteiger partial charge < -0.3 is 14.8 Å². The quantitative estimate of drug-likeness (QED) is 0.599. The van der Waals surface area contributed by atoms with E-state index in [0.29, 0.717) is 24.6 Å². The number of hydrogen-bond donors (Lipinski definition) is 1. The Hall–Kier alpha value is -2.47. The van der Waals surface area contributed by atoms with Gasteiger partial charge in [-0.25, -0.2) is 4.79 Å². The number of pyridine rings is 1. The van der Waals surface area contributed by atoms with Crippen molar-refractivity contribution in [3.8, 4) is 0 Å². The van der Waals surface area contributed by atoms with E-state index in [9.17, 15) is 9.59 Å². The summed E-state index contributed by atoms with van der Waals surface area (Å²) in [5.74, 6) is -0.262. The number of nitrogens with zero attached hydrogens (tertiary/aromatic N) is 1. The highest BCUT2D eigenvalue weighted by molar-refractivity contribution is 6.05. The first-order valence-electron chi connectivity index (χ1n) is 9.43. The fraction of sp³-hybridized carbons (Fsp3) is 0.476. The molecule has 1 aliphatic carbocycles. The second kappa shape index (κ2) is 8.95. The number of para-hydroxylation sites is 1. The van der Waals surface area contributed by atoms with E-state index in [0.717, 1.165) is 47.8 Å². The number of fused-ring (bicyclic) bond motifs is 2. The van der Waals surface area contributed by atoms with Crippen LogP contribution in [0.15, 0.2) is 24.3 Å². The van der Waals surface area contributed by atoms with Crippen molar-refractivity contribution in [2.24, 2.45) is 5.92 Å². The molecule has 0 bridgehead atoms. The third kappa shape index (κ3) is 4.63. The van der Waals surface area contributed by atoms with Gasteiger partial charge in [-0.3, -0.25) is 9.78 Å². The van der Waals surface area contributed by atoms with Crippen LogP contribution >= 0.6 is 0 Å². The van der Waals surface area contributed by atoms with Crippen molar-refractivity contribution in [2.45, 2.75) is 32.6 Å². The molecule has 3 rings (SSSR count). The van der Waals surface area contributed by atoms with Crippen molar-refractivity contribution < 1.29 is 19.1 Å². The van der Waals surface area contributed by atoms with Gasteiger partial charge in [0, 0.05) is 31.3 Å². The topological polar surface area (TPSA) is 77.5 Å². The van der Waals surface area contributed by atoms with Gasteiger partial charge in [0.1, 0.15) is 0 Å². The van der Waals surface area contributed by atoms with Crippen molar-refractivity contribution in [3.05, 3.63) is 41.1 Å². The summed E-state index contributed by atoms with van der Waals surface area (Å²) < 4.78 is 10.3. The molecule has 0 saturated heterocycles. The smallest absolute Gasteiger partial charge is 0.339 e. The zero-order valence-electron chi connectivity index (χ0n) is 15.9. The van der Waals surface area contributed by atoms with Crippen LogP contribution in [0, 0.1) is 5.92 Å². The molecule has 1 aliphatic rings. The first kappa shape index (κ1) is 19.3. The molecule has 1 aromatic heterocycles. The van der Waals surface area contributed by atoms with E-state index in [2.05, 4.69) is 12.2 Å². The van der Waals surface area contributed by atoms with Gasteiger partial charge in [-0.05, 0) is 43.2 Å². The third-order valence-electron chi connectivity index (χ3n) is 4.89. The maximum atomic E-state index is 12.9. The number of aromatic nitrogens is 1. The Morgan fingerprint density at radius 3 is 2.93 bits per heavy atom. The second-order valence-corrected chi connectivity index (χ2v) is 7.05. The van der Waals surface area contributed by atoms with E-state index >= 15 is 0 Å². The average Bonchev–Trinajstić information content (AvgIpc) is 2.67. The molecule has 1 atom stereocenters. The molecule has 0 radical (unpaired) electrons. The fourth-order valence-corrected chi connectivity index (χ4v) is 3.49. The van der Waals surface area contributed by atoms with E-state index in [1.807, 2.05) is 24.3 Å². The van der Waals surface area contributed by atoms with Crippen molar-refractivity contribution in [3.63, 3.8) is 0 Å². The molecule has 144 valence electrons. The van der Waals surface area contributed by atoms with E-state index in [-0.39, 0.29) is 12.5 Å². The molecule has 0 fully saturated rings. The van der Waals surface area contributed by atoms with Gasteiger partial charge in [0.2, 0.25) is 0 Å². The maximum Gasteiger partial charge on any atom is 0.339 e. The van der Waals surface area contributed by atoms with Crippen LogP contribution in [0.1, 0.15) is 41.4 Å². The summed E-state index contributed by atoms with van der Waals surface area (Å²) in [5.41, 5.74) is 3.30. The summed E-state index contributed by atoms with van der Waals surface area (Å²) in [7, 11) is 1.62. The number of nitrogens with one attached hydrogen (secondary N) is 1. The molecule has 1 heterocycles. The number of methoxy groups -OCH3 is 1. The zero-order chi connectivity index (χ0) is 19.2. The number of rotatable bonds is 7. The first-order chi connectivity index (χ1) is 13.1.